The van der Waals surface area contributed by atoms with Crippen molar-refractivity contribution in [2.45, 2.75) is 0 Å². The van der Waals surface area contributed by atoms with Crippen molar-refractivity contribution < 1.29 is 13.6 Å². The van der Waals surface area contributed by atoms with Gasteiger partial charge in [-0.05, 0) is 24.3 Å². The van der Waals surface area contributed by atoms with Gasteiger partial charge in [0.2, 0.25) is 0 Å². The van der Waals surface area contributed by atoms with Crippen molar-refractivity contribution >= 4 is 39.6 Å². The van der Waals surface area contributed by atoms with Gasteiger partial charge < -0.3 is 19.5 Å². The summed E-state index contributed by atoms with van der Waals surface area (Å²) in [7, 11) is 0. The van der Waals surface area contributed by atoms with Gasteiger partial charge in [0.25, 0.3) is 0 Å². The Balaban J connectivity index is 1.53. The number of nitrogens with one attached hydrogen (secondary N) is 4. The predicted octanol–water partition coefficient (Wildman–Crippen LogP) is 2.20. The summed E-state index contributed by atoms with van der Waals surface area (Å²) in [5.74, 6) is -1.12. The number of carbonyl (C=O) groups excluding carboxylic acids is 1. The Labute approximate surface area is 132 Å². The number of benzene rings is 2. The molecule has 24 heavy (non-hydrogen) atoms. The highest BCUT2D eigenvalue weighted by Crippen LogP contribution is 2.18. The molecule has 0 aliphatic carbocycles. The van der Waals surface area contributed by atoms with Crippen LogP contribution in [0.5, 0.6) is 0 Å². The van der Waals surface area contributed by atoms with Crippen LogP contribution in [-0.2, 0) is 0 Å². The summed E-state index contributed by atoms with van der Waals surface area (Å²) in [4.78, 5) is 39.3. The van der Waals surface area contributed by atoms with Gasteiger partial charge in [0, 0.05) is 23.5 Å². The lowest BCUT2D eigenvalue weighted by Gasteiger charge is -2.07. The van der Waals surface area contributed by atoms with E-state index in [9.17, 15) is 14.4 Å². The monoisotopic (exact) mass is 326 g/mol. The molecule has 0 fully saturated rings. The maximum Gasteiger partial charge on any atom is 0.417 e. The van der Waals surface area contributed by atoms with E-state index in [1.165, 1.54) is 12.1 Å². The summed E-state index contributed by atoms with van der Waals surface area (Å²) in [6.45, 7) is 0. The van der Waals surface area contributed by atoms with Crippen LogP contribution >= 0.6 is 0 Å². The Bertz CT molecular complexity index is 1090. The fraction of sp³-hybridized carbons (Fsp3) is 0. The number of hydrogen-bond donors (Lipinski definition) is 4. The third kappa shape index (κ3) is 2.54. The van der Waals surface area contributed by atoms with Gasteiger partial charge >= 0.3 is 17.5 Å². The number of aromatic amines is 2. The Hall–Kier alpha value is -3.75. The Kier molecular flexibility index (Phi) is 2.98. The maximum atomic E-state index is 12.0. The summed E-state index contributed by atoms with van der Waals surface area (Å²) in [5.41, 5.74) is 2.67. The molecule has 0 saturated heterocycles. The Morgan fingerprint density at radius 1 is 0.792 bits per heavy atom. The number of carbonyl (C=O) groups is 1. The molecule has 4 aromatic rings. The predicted molar refractivity (Wildman–Crippen MR) is 86.3 cm³/mol. The van der Waals surface area contributed by atoms with Crippen LogP contribution < -0.4 is 22.1 Å². The van der Waals surface area contributed by atoms with Gasteiger partial charge in [-0.25, -0.2) is 14.4 Å². The molecule has 2 heterocycles. The van der Waals surface area contributed by atoms with Gasteiger partial charge in [-0.15, -0.1) is 0 Å². The van der Waals surface area contributed by atoms with Gasteiger partial charge in [0.15, 0.2) is 11.2 Å². The second kappa shape index (κ2) is 5.16. The standard InChI is InChI=1S/C15H10N4O5/c20-13(16-7-1-3-9-11(5-7)23-14(21)18-9)17-8-2-4-10-12(6-8)24-15(22)19-10/h1-6H,(H,18,21)(H,19,22)(H2,16,17,20). The molecule has 2 aromatic carbocycles. The summed E-state index contributed by atoms with van der Waals surface area (Å²) in [5, 5.41) is 5.24. The minimum Gasteiger partial charge on any atom is -0.408 e. The van der Waals surface area contributed by atoms with E-state index in [2.05, 4.69) is 20.6 Å². The summed E-state index contributed by atoms with van der Waals surface area (Å²) < 4.78 is 9.86. The second-order valence-electron chi connectivity index (χ2n) is 5.03. The van der Waals surface area contributed by atoms with E-state index < -0.39 is 17.5 Å². The quantitative estimate of drug-likeness (QED) is 0.448. The first-order valence-corrected chi connectivity index (χ1v) is 6.90. The number of urea groups is 1. The van der Waals surface area contributed by atoms with Crippen LogP contribution in [-0.4, -0.2) is 16.0 Å². The average molecular weight is 326 g/mol. The van der Waals surface area contributed by atoms with Gasteiger partial charge in [-0.1, -0.05) is 0 Å². The molecule has 0 unspecified atom stereocenters. The lowest BCUT2D eigenvalue weighted by molar-refractivity contribution is 0.262. The topological polar surface area (TPSA) is 133 Å². The lowest BCUT2D eigenvalue weighted by Crippen LogP contribution is -2.19. The number of rotatable bonds is 2. The summed E-state index contributed by atoms with van der Waals surface area (Å²) in [6, 6.07) is 9.06. The normalized spacial score (nSPS) is 11.0. The average Bonchev–Trinajstić information content (AvgIpc) is 3.06. The molecule has 0 aliphatic heterocycles. The molecule has 4 N–H and O–H groups in total. The first-order chi connectivity index (χ1) is 11.6. The molecule has 0 aliphatic rings. The van der Waals surface area contributed by atoms with Crippen molar-refractivity contribution in [1.82, 2.24) is 9.97 Å². The number of oxazole rings is 2. The second-order valence-corrected chi connectivity index (χ2v) is 5.03. The van der Waals surface area contributed by atoms with Crippen LogP contribution in [0.2, 0.25) is 0 Å². The van der Waals surface area contributed by atoms with Crippen molar-refractivity contribution in [2.75, 3.05) is 10.6 Å². The largest absolute Gasteiger partial charge is 0.417 e. The van der Waals surface area contributed by atoms with Crippen molar-refractivity contribution in [2.24, 2.45) is 0 Å². The van der Waals surface area contributed by atoms with Gasteiger partial charge in [-0.3, -0.25) is 9.97 Å². The highest BCUT2D eigenvalue weighted by molar-refractivity contribution is 6.01. The molecule has 0 spiro atoms. The number of anilines is 2. The zero-order chi connectivity index (χ0) is 16.7. The van der Waals surface area contributed by atoms with Crippen LogP contribution in [0.4, 0.5) is 16.2 Å². The number of aromatic nitrogens is 2. The van der Waals surface area contributed by atoms with Crippen molar-refractivity contribution in [3.8, 4) is 0 Å². The van der Waals surface area contributed by atoms with Crippen molar-refractivity contribution in [3.63, 3.8) is 0 Å². The molecule has 0 bridgehead atoms. The van der Waals surface area contributed by atoms with Crippen LogP contribution in [0.25, 0.3) is 22.2 Å². The van der Waals surface area contributed by atoms with Crippen molar-refractivity contribution in [1.29, 1.82) is 0 Å². The highest BCUT2D eigenvalue weighted by atomic mass is 16.4. The molecule has 2 aromatic heterocycles. The van der Waals surface area contributed by atoms with E-state index in [-0.39, 0.29) is 0 Å². The van der Waals surface area contributed by atoms with Gasteiger partial charge in [0.1, 0.15) is 0 Å². The molecular formula is C15H10N4O5. The summed E-state index contributed by atoms with van der Waals surface area (Å²) in [6.07, 6.45) is 0. The molecular weight excluding hydrogens is 316 g/mol. The molecule has 0 atom stereocenters. The summed E-state index contributed by atoms with van der Waals surface area (Å²) >= 11 is 0. The van der Waals surface area contributed by atoms with Crippen LogP contribution in [0, 0.1) is 0 Å². The minimum absolute atomic E-state index is 0.341. The van der Waals surface area contributed by atoms with E-state index in [0.29, 0.717) is 33.6 Å². The van der Waals surface area contributed by atoms with Crippen LogP contribution in [0.15, 0.2) is 54.8 Å². The zero-order valence-electron chi connectivity index (χ0n) is 12.0. The van der Waals surface area contributed by atoms with E-state index in [4.69, 9.17) is 8.83 Å². The number of hydrogen-bond acceptors (Lipinski definition) is 5. The Morgan fingerprint density at radius 2 is 1.25 bits per heavy atom. The van der Waals surface area contributed by atoms with E-state index in [0.717, 1.165) is 0 Å². The number of H-pyrrole nitrogens is 2. The molecule has 4 rings (SSSR count). The van der Waals surface area contributed by atoms with Gasteiger partial charge in [-0.2, -0.15) is 0 Å². The minimum atomic E-state index is -0.562. The zero-order valence-corrected chi connectivity index (χ0v) is 12.0. The first-order valence-electron chi connectivity index (χ1n) is 6.90. The lowest BCUT2D eigenvalue weighted by atomic mass is 10.3. The fourth-order valence-electron chi connectivity index (χ4n) is 2.34. The third-order valence-corrected chi connectivity index (χ3v) is 3.36. The first kappa shape index (κ1) is 13.9. The fourth-order valence-corrected chi connectivity index (χ4v) is 2.34. The van der Waals surface area contributed by atoms with Crippen LogP contribution in [0.3, 0.4) is 0 Å². The Morgan fingerprint density at radius 3 is 1.71 bits per heavy atom. The molecule has 0 saturated carbocycles. The van der Waals surface area contributed by atoms with Gasteiger partial charge in [0.05, 0.1) is 11.0 Å². The molecule has 120 valence electrons. The van der Waals surface area contributed by atoms with E-state index in [1.54, 1.807) is 24.3 Å². The number of amides is 2. The van der Waals surface area contributed by atoms with Crippen molar-refractivity contribution in [3.05, 3.63) is 57.5 Å². The molecule has 9 heteroatoms. The highest BCUT2D eigenvalue weighted by Gasteiger charge is 2.08. The molecule has 9 nitrogen and oxygen atoms in total. The number of fused-ring (bicyclic) bond motifs is 2. The SMILES string of the molecule is O=C(Nc1ccc2[nH]c(=O)oc2c1)Nc1ccc2[nH]c(=O)oc2c1. The smallest absolute Gasteiger partial charge is 0.408 e. The maximum absolute atomic E-state index is 12.0. The van der Waals surface area contributed by atoms with E-state index >= 15 is 0 Å². The third-order valence-electron chi connectivity index (χ3n) is 3.36. The van der Waals surface area contributed by atoms with Crippen LogP contribution in [0.1, 0.15) is 0 Å². The van der Waals surface area contributed by atoms with E-state index in [1.807, 2.05) is 0 Å². The molecule has 0 radical (unpaired) electrons. The molecule has 2 amide bonds.